The molecule has 0 saturated carbocycles. The summed E-state index contributed by atoms with van der Waals surface area (Å²) in [4.78, 5) is 5.50. The Morgan fingerprint density at radius 1 is 1.00 bits per heavy atom. The zero-order valence-electron chi connectivity index (χ0n) is 12.7. The van der Waals surface area contributed by atoms with Crippen molar-refractivity contribution in [3.63, 3.8) is 0 Å². The lowest BCUT2D eigenvalue weighted by atomic mass is 10.0. The fraction of sp³-hybridized carbons (Fsp3) is 0.105. The minimum Gasteiger partial charge on any atom is -0.259 e. The van der Waals surface area contributed by atoms with Crippen LogP contribution in [0.4, 0.5) is 0 Å². The van der Waals surface area contributed by atoms with Gasteiger partial charge in [0.2, 0.25) is 0 Å². The number of hydrogen-bond acceptors (Lipinski definition) is 3. The molecule has 0 spiro atoms. The van der Waals surface area contributed by atoms with Crippen LogP contribution in [0.3, 0.4) is 0 Å². The third-order valence-corrected chi connectivity index (χ3v) is 4.84. The lowest BCUT2D eigenvalue weighted by Crippen LogP contribution is -2.16. The normalized spacial score (nSPS) is 12.1. The third-order valence-electron chi connectivity index (χ3n) is 3.49. The Morgan fingerprint density at radius 2 is 1.78 bits per heavy atom. The van der Waals surface area contributed by atoms with Gasteiger partial charge in [-0.1, -0.05) is 54.1 Å². The van der Waals surface area contributed by atoms with Crippen LogP contribution in [-0.4, -0.2) is 4.98 Å². The average Bonchev–Trinajstić information content (AvgIpc) is 2.59. The minimum absolute atomic E-state index is 0.000213. The zero-order chi connectivity index (χ0) is 16.1. The summed E-state index contributed by atoms with van der Waals surface area (Å²) in [6, 6.07) is 22.3. The van der Waals surface area contributed by atoms with Crippen molar-refractivity contribution in [1.82, 2.24) is 9.71 Å². The van der Waals surface area contributed by atoms with Crippen LogP contribution in [0, 0.1) is 6.92 Å². The molecule has 1 heterocycles. The lowest BCUT2D eigenvalue weighted by molar-refractivity contribution is 0.770. The van der Waals surface area contributed by atoms with Crippen LogP contribution in [0.15, 0.2) is 77.8 Å². The number of pyridine rings is 1. The average molecular weight is 341 g/mol. The SMILES string of the molecule is Cc1ccc(SNC(c2ccccc2)c2ccccn2)c(Cl)c1. The molecular formula is C19H17ClN2S. The minimum atomic E-state index is -0.000213. The van der Waals surface area contributed by atoms with Gasteiger partial charge in [-0.05, 0) is 54.3 Å². The Bertz CT molecular complexity index is 723. The van der Waals surface area contributed by atoms with Crippen LogP contribution in [0.2, 0.25) is 5.02 Å². The molecule has 1 aromatic heterocycles. The van der Waals surface area contributed by atoms with E-state index in [1.807, 2.05) is 61.7 Å². The quantitative estimate of drug-likeness (QED) is 0.627. The molecule has 3 rings (SSSR count). The maximum Gasteiger partial charge on any atom is 0.0846 e. The highest BCUT2D eigenvalue weighted by molar-refractivity contribution is 7.97. The summed E-state index contributed by atoms with van der Waals surface area (Å²) in [6.45, 7) is 2.04. The number of benzene rings is 2. The van der Waals surface area contributed by atoms with Gasteiger partial charge in [0.1, 0.15) is 0 Å². The molecule has 3 aromatic rings. The van der Waals surface area contributed by atoms with E-state index >= 15 is 0 Å². The number of nitrogens with one attached hydrogen (secondary N) is 1. The number of rotatable bonds is 5. The van der Waals surface area contributed by atoms with Gasteiger partial charge in [0.25, 0.3) is 0 Å². The molecule has 1 atom stereocenters. The number of aryl methyl sites for hydroxylation is 1. The zero-order valence-corrected chi connectivity index (χ0v) is 14.3. The molecule has 23 heavy (non-hydrogen) atoms. The van der Waals surface area contributed by atoms with Gasteiger partial charge < -0.3 is 0 Å². The topological polar surface area (TPSA) is 24.9 Å². The first-order chi connectivity index (χ1) is 11.2. The van der Waals surface area contributed by atoms with E-state index < -0.39 is 0 Å². The molecular weight excluding hydrogens is 324 g/mol. The van der Waals surface area contributed by atoms with Crippen LogP contribution in [0.1, 0.15) is 22.9 Å². The molecule has 0 saturated heterocycles. The van der Waals surface area contributed by atoms with Gasteiger partial charge in [-0.3, -0.25) is 4.98 Å². The van der Waals surface area contributed by atoms with Crippen LogP contribution in [0.5, 0.6) is 0 Å². The summed E-state index contributed by atoms with van der Waals surface area (Å²) < 4.78 is 3.50. The van der Waals surface area contributed by atoms with Crippen LogP contribution in [-0.2, 0) is 0 Å². The van der Waals surface area contributed by atoms with Crippen molar-refractivity contribution in [1.29, 1.82) is 0 Å². The number of aromatic nitrogens is 1. The summed E-state index contributed by atoms with van der Waals surface area (Å²) in [5, 5.41) is 0.760. The van der Waals surface area contributed by atoms with Gasteiger partial charge in [0.05, 0.1) is 16.8 Å². The highest BCUT2D eigenvalue weighted by atomic mass is 35.5. The number of halogens is 1. The Morgan fingerprint density at radius 3 is 2.48 bits per heavy atom. The fourth-order valence-electron chi connectivity index (χ4n) is 2.30. The molecule has 116 valence electrons. The second-order valence-corrected chi connectivity index (χ2v) is 6.54. The van der Waals surface area contributed by atoms with E-state index in [0.717, 1.165) is 21.2 Å². The number of hydrogen-bond donors (Lipinski definition) is 1. The molecule has 4 heteroatoms. The summed E-state index contributed by atoms with van der Waals surface area (Å²) in [6.07, 6.45) is 1.82. The van der Waals surface area contributed by atoms with Gasteiger partial charge in [0, 0.05) is 11.1 Å². The Hall–Kier alpha value is -1.81. The summed E-state index contributed by atoms with van der Waals surface area (Å²) in [5.74, 6) is 0. The second kappa shape index (κ2) is 7.64. The van der Waals surface area contributed by atoms with Crippen molar-refractivity contribution in [2.75, 3.05) is 0 Å². The van der Waals surface area contributed by atoms with Crippen molar-refractivity contribution in [3.8, 4) is 0 Å². The van der Waals surface area contributed by atoms with E-state index in [4.69, 9.17) is 11.6 Å². The van der Waals surface area contributed by atoms with Crippen LogP contribution >= 0.6 is 23.5 Å². The van der Waals surface area contributed by atoms with E-state index in [0.29, 0.717) is 0 Å². The van der Waals surface area contributed by atoms with Crippen molar-refractivity contribution >= 4 is 23.5 Å². The molecule has 0 aliphatic rings. The molecule has 0 bridgehead atoms. The molecule has 2 aromatic carbocycles. The molecule has 0 fully saturated rings. The molecule has 0 radical (unpaired) electrons. The first kappa shape index (κ1) is 16.1. The number of nitrogens with zero attached hydrogens (tertiary/aromatic N) is 1. The van der Waals surface area contributed by atoms with Gasteiger partial charge in [-0.15, -0.1) is 0 Å². The summed E-state index contributed by atoms with van der Waals surface area (Å²) in [5.41, 5.74) is 3.31. The van der Waals surface area contributed by atoms with Crippen LogP contribution in [0.25, 0.3) is 0 Å². The lowest BCUT2D eigenvalue weighted by Gasteiger charge is -2.18. The van der Waals surface area contributed by atoms with E-state index in [1.54, 1.807) is 0 Å². The van der Waals surface area contributed by atoms with E-state index in [2.05, 4.69) is 27.9 Å². The largest absolute Gasteiger partial charge is 0.259 e. The Labute approximate surface area is 146 Å². The predicted molar refractivity (Wildman–Crippen MR) is 97.7 cm³/mol. The monoisotopic (exact) mass is 340 g/mol. The molecule has 2 nitrogen and oxygen atoms in total. The predicted octanol–water partition coefficient (Wildman–Crippen LogP) is 5.43. The maximum atomic E-state index is 6.33. The van der Waals surface area contributed by atoms with Gasteiger partial charge >= 0.3 is 0 Å². The van der Waals surface area contributed by atoms with Crippen molar-refractivity contribution in [2.24, 2.45) is 0 Å². The van der Waals surface area contributed by atoms with Gasteiger partial charge in [0.15, 0.2) is 0 Å². The highest BCUT2D eigenvalue weighted by Crippen LogP contribution is 2.30. The molecule has 1 unspecified atom stereocenters. The van der Waals surface area contributed by atoms with E-state index in [-0.39, 0.29) is 6.04 Å². The fourth-order valence-corrected chi connectivity index (χ4v) is 3.45. The molecule has 1 N–H and O–H groups in total. The summed E-state index contributed by atoms with van der Waals surface area (Å²) in [7, 11) is 0. The third kappa shape index (κ3) is 4.14. The molecule has 0 amide bonds. The van der Waals surface area contributed by atoms with E-state index in [9.17, 15) is 0 Å². The Kier molecular flexibility index (Phi) is 5.34. The van der Waals surface area contributed by atoms with Crippen molar-refractivity contribution in [3.05, 3.63) is 94.8 Å². The smallest absolute Gasteiger partial charge is 0.0846 e. The van der Waals surface area contributed by atoms with Gasteiger partial charge in [-0.25, -0.2) is 4.72 Å². The standard InChI is InChI=1S/C19H17ClN2S/c1-14-10-11-18(16(20)13-14)23-22-19(15-7-3-2-4-8-15)17-9-5-6-12-21-17/h2-13,19,22H,1H3. The molecule has 0 aliphatic heterocycles. The first-order valence-corrected chi connectivity index (χ1v) is 8.58. The molecule has 0 aliphatic carbocycles. The van der Waals surface area contributed by atoms with Crippen molar-refractivity contribution in [2.45, 2.75) is 17.9 Å². The van der Waals surface area contributed by atoms with Crippen LogP contribution < -0.4 is 4.72 Å². The first-order valence-electron chi connectivity index (χ1n) is 7.38. The van der Waals surface area contributed by atoms with Crippen molar-refractivity contribution < 1.29 is 0 Å². The van der Waals surface area contributed by atoms with Gasteiger partial charge in [-0.2, -0.15) is 0 Å². The summed E-state index contributed by atoms with van der Waals surface area (Å²) >= 11 is 7.86. The second-order valence-electron chi connectivity index (χ2n) is 5.25. The van der Waals surface area contributed by atoms with E-state index in [1.165, 1.54) is 17.5 Å². The maximum absolute atomic E-state index is 6.33. The Balaban J connectivity index is 1.85. The highest BCUT2D eigenvalue weighted by Gasteiger charge is 2.15.